The molecule has 5 heteroatoms. The molecule has 0 aliphatic carbocycles. The highest BCUT2D eigenvalue weighted by atomic mass is 32.2. The Bertz CT molecular complexity index is 652. The summed E-state index contributed by atoms with van der Waals surface area (Å²) in [5.41, 5.74) is 2.00. The van der Waals surface area contributed by atoms with Crippen LogP contribution in [0.15, 0.2) is 59.5 Å². The molecule has 0 saturated carbocycles. The molecule has 0 radical (unpaired) electrons. The monoisotopic (exact) mass is 304 g/mol. The molecule has 0 fully saturated rings. The molecular formula is C16H20N2O2S. The van der Waals surface area contributed by atoms with Crippen LogP contribution >= 0.6 is 0 Å². The molecule has 0 unspecified atom stereocenters. The van der Waals surface area contributed by atoms with Gasteiger partial charge in [0.05, 0.1) is 4.90 Å². The molecule has 0 spiro atoms. The Hall–Kier alpha value is -1.69. The molecule has 0 aromatic heterocycles. The Morgan fingerprint density at radius 1 is 0.857 bits per heavy atom. The second-order valence-corrected chi connectivity index (χ2v) is 6.50. The highest BCUT2D eigenvalue weighted by Crippen LogP contribution is 2.11. The minimum absolute atomic E-state index is 0.290. The summed E-state index contributed by atoms with van der Waals surface area (Å²) in [7, 11) is -3.47. The molecule has 0 atom stereocenters. The molecule has 0 amide bonds. The van der Waals surface area contributed by atoms with E-state index in [2.05, 4.69) is 10.0 Å². The van der Waals surface area contributed by atoms with E-state index in [0.717, 1.165) is 24.2 Å². The summed E-state index contributed by atoms with van der Waals surface area (Å²) in [5.74, 6) is 0. The lowest BCUT2D eigenvalue weighted by molar-refractivity contribution is 0.581. The summed E-state index contributed by atoms with van der Waals surface area (Å²) in [6.45, 7) is 3.96. The molecular weight excluding hydrogens is 284 g/mol. The van der Waals surface area contributed by atoms with Crippen LogP contribution in [0.5, 0.6) is 0 Å². The lowest BCUT2D eigenvalue weighted by Gasteiger charge is -2.08. The average Bonchev–Trinajstić information content (AvgIpc) is 2.52. The van der Waals surface area contributed by atoms with Crippen molar-refractivity contribution in [2.75, 3.05) is 6.54 Å². The highest BCUT2D eigenvalue weighted by Gasteiger charge is 2.13. The van der Waals surface area contributed by atoms with Gasteiger partial charge in [0, 0.05) is 13.1 Å². The third kappa shape index (κ3) is 4.67. The predicted octanol–water partition coefficient (Wildman–Crippen LogP) is 2.27. The molecule has 0 aliphatic rings. The summed E-state index contributed by atoms with van der Waals surface area (Å²) in [5, 5.41) is 3.20. The first-order chi connectivity index (χ1) is 10.1. The number of hydrogen-bond acceptors (Lipinski definition) is 3. The van der Waals surface area contributed by atoms with Crippen molar-refractivity contribution in [3.63, 3.8) is 0 Å². The molecule has 112 valence electrons. The van der Waals surface area contributed by atoms with Crippen LogP contribution in [0, 0.1) is 0 Å². The van der Waals surface area contributed by atoms with E-state index in [1.54, 1.807) is 12.1 Å². The number of benzene rings is 2. The van der Waals surface area contributed by atoms with Gasteiger partial charge in [-0.05, 0) is 29.8 Å². The predicted molar refractivity (Wildman–Crippen MR) is 84.3 cm³/mol. The minimum atomic E-state index is -3.47. The van der Waals surface area contributed by atoms with Crippen molar-refractivity contribution in [1.82, 2.24) is 10.0 Å². The number of hydrogen-bond donors (Lipinski definition) is 2. The first kappa shape index (κ1) is 15.7. The van der Waals surface area contributed by atoms with Gasteiger partial charge in [-0.2, -0.15) is 0 Å². The van der Waals surface area contributed by atoms with E-state index in [9.17, 15) is 8.42 Å². The highest BCUT2D eigenvalue weighted by molar-refractivity contribution is 7.89. The third-order valence-corrected chi connectivity index (χ3v) is 4.54. The zero-order valence-electron chi connectivity index (χ0n) is 12.0. The van der Waals surface area contributed by atoms with Crippen molar-refractivity contribution in [2.45, 2.75) is 24.9 Å². The Morgan fingerprint density at radius 2 is 1.48 bits per heavy atom. The summed E-state index contributed by atoms with van der Waals surface area (Å²) < 4.78 is 27.0. The van der Waals surface area contributed by atoms with Crippen molar-refractivity contribution in [3.8, 4) is 0 Å². The summed E-state index contributed by atoms with van der Waals surface area (Å²) in [4.78, 5) is 0.290. The molecule has 21 heavy (non-hydrogen) atoms. The lowest BCUT2D eigenvalue weighted by Crippen LogP contribution is -2.23. The minimum Gasteiger partial charge on any atom is -0.313 e. The third-order valence-electron chi connectivity index (χ3n) is 3.12. The van der Waals surface area contributed by atoms with E-state index < -0.39 is 10.0 Å². The molecule has 2 aromatic rings. The van der Waals surface area contributed by atoms with E-state index in [-0.39, 0.29) is 0 Å². The zero-order valence-corrected chi connectivity index (χ0v) is 12.9. The van der Waals surface area contributed by atoms with Crippen LogP contribution in [0.1, 0.15) is 18.1 Å². The summed E-state index contributed by atoms with van der Waals surface area (Å²) in [6.07, 6.45) is 0. The van der Waals surface area contributed by atoms with Crippen LogP contribution in [-0.2, 0) is 23.1 Å². The topological polar surface area (TPSA) is 58.2 Å². The molecule has 0 saturated heterocycles. The van der Waals surface area contributed by atoms with Gasteiger partial charge in [-0.25, -0.2) is 13.1 Å². The van der Waals surface area contributed by atoms with Gasteiger partial charge in [-0.3, -0.25) is 0 Å². The van der Waals surface area contributed by atoms with Crippen LogP contribution in [0.2, 0.25) is 0 Å². The molecule has 0 heterocycles. The van der Waals surface area contributed by atoms with Crippen LogP contribution in [0.3, 0.4) is 0 Å². The smallest absolute Gasteiger partial charge is 0.240 e. The van der Waals surface area contributed by atoms with Gasteiger partial charge in [-0.1, -0.05) is 49.4 Å². The maximum Gasteiger partial charge on any atom is 0.240 e. The number of sulfonamides is 1. The summed E-state index contributed by atoms with van der Waals surface area (Å²) in [6, 6.07) is 16.4. The first-order valence-corrected chi connectivity index (χ1v) is 8.43. The van der Waals surface area contributed by atoms with Crippen LogP contribution in [-0.4, -0.2) is 15.0 Å². The number of rotatable bonds is 7. The van der Waals surface area contributed by atoms with Gasteiger partial charge in [-0.15, -0.1) is 0 Å². The van der Waals surface area contributed by atoms with E-state index in [0.29, 0.717) is 11.4 Å². The second-order valence-electron chi connectivity index (χ2n) is 4.73. The fourth-order valence-electron chi connectivity index (χ4n) is 1.91. The standard InChI is InChI=1S/C16H20N2O2S/c1-2-17-12-15-8-10-16(11-9-15)21(19,20)18-13-14-6-4-3-5-7-14/h3-11,17-18H,2,12-13H2,1H3. The van der Waals surface area contributed by atoms with Crippen LogP contribution in [0.4, 0.5) is 0 Å². The largest absolute Gasteiger partial charge is 0.313 e. The van der Waals surface area contributed by atoms with E-state index in [1.807, 2.05) is 49.4 Å². The van der Waals surface area contributed by atoms with Gasteiger partial charge >= 0.3 is 0 Å². The van der Waals surface area contributed by atoms with E-state index in [4.69, 9.17) is 0 Å². The molecule has 0 bridgehead atoms. The van der Waals surface area contributed by atoms with Crippen molar-refractivity contribution in [3.05, 3.63) is 65.7 Å². The van der Waals surface area contributed by atoms with Gasteiger partial charge in [0.2, 0.25) is 10.0 Å². The molecule has 4 nitrogen and oxygen atoms in total. The lowest BCUT2D eigenvalue weighted by atomic mass is 10.2. The normalized spacial score (nSPS) is 11.5. The first-order valence-electron chi connectivity index (χ1n) is 6.95. The molecule has 2 aromatic carbocycles. The van der Waals surface area contributed by atoms with E-state index in [1.165, 1.54) is 0 Å². The van der Waals surface area contributed by atoms with E-state index >= 15 is 0 Å². The molecule has 2 rings (SSSR count). The maximum absolute atomic E-state index is 12.2. The Balaban J connectivity index is 2.02. The molecule has 0 aliphatic heterocycles. The Labute approximate surface area is 126 Å². The summed E-state index contributed by atoms with van der Waals surface area (Å²) >= 11 is 0. The number of nitrogens with one attached hydrogen (secondary N) is 2. The van der Waals surface area contributed by atoms with Crippen molar-refractivity contribution < 1.29 is 8.42 Å². The zero-order chi connectivity index (χ0) is 15.1. The van der Waals surface area contributed by atoms with Gasteiger partial charge < -0.3 is 5.32 Å². The van der Waals surface area contributed by atoms with Gasteiger partial charge in [0.1, 0.15) is 0 Å². The molecule has 2 N–H and O–H groups in total. The van der Waals surface area contributed by atoms with Gasteiger partial charge in [0.15, 0.2) is 0 Å². The maximum atomic E-state index is 12.2. The second kappa shape index (κ2) is 7.36. The van der Waals surface area contributed by atoms with Crippen LogP contribution < -0.4 is 10.0 Å². The van der Waals surface area contributed by atoms with Crippen molar-refractivity contribution in [1.29, 1.82) is 0 Å². The van der Waals surface area contributed by atoms with Crippen molar-refractivity contribution >= 4 is 10.0 Å². The van der Waals surface area contributed by atoms with Crippen LogP contribution in [0.25, 0.3) is 0 Å². The fourth-order valence-corrected chi connectivity index (χ4v) is 2.93. The van der Waals surface area contributed by atoms with Gasteiger partial charge in [0.25, 0.3) is 0 Å². The fraction of sp³-hybridized carbons (Fsp3) is 0.250. The quantitative estimate of drug-likeness (QED) is 0.825. The average molecular weight is 304 g/mol. The van der Waals surface area contributed by atoms with Crippen molar-refractivity contribution in [2.24, 2.45) is 0 Å². The Kier molecular flexibility index (Phi) is 5.50. The Morgan fingerprint density at radius 3 is 2.10 bits per heavy atom. The SMILES string of the molecule is CCNCc1ccc(S(=O)(=O)NCc2ccccc2)cc1.